The second kappa shape index (κ2) is 9.15. The largest absolute Gasteiger partial charge is 0.392 e. The third kappa shape index (κ3) is 7.35. The highest BCUT2D eigenvalue weighted by Gasteiger charge is 2.25. The normalized spacial score (nSPS) is 23.6. The Bertz CT molecular complexity index is 308. The smallest absolute Gasteiger partial charge is 0.0957 e. The first kappa shape index (κ1) is 19.8. The zero-order chi connectivity index (χ0) is 16.8. The van der Waals surface area contributed by atoms with Crippen molar-refractivity contribution >= 4 is 0 Å². The van der Waals surface area contributed by atoms with Gasteiger partial charge in [-0.3, -0.25) is 14.7 Å². The van der Waals surface area contributed by atoms with E-state index in [1.165, 1.54) is 0 Å². The lowest BCUT2D eigenvalue weighted by Gasteiger charge is -2.33. The van der Waals surface area contributed by atoms with Crippen LogP contribution >= 0.6 is 0 Å². The van der Waals surface area contributed by atoms with Crippen molar-refractivity contribution in [3.05, 3.63) is 0 Å². The second-order valence-corrected chi connectivity index (χ2v) is 7.59. The average Bonchev–Trinajstić information content (AvgIpc) is 2.49. The third-order valence-corrected chi connectivity index (χ3v) is 4.35. The summed E-state index contributed by atoms with van der Waals surface area (Å²) in [6.45, 7) is 14.3. The van der Waals surface area contributed by atoms with Crippen molar-refractivity contribution in [3.8, 4) is 0 Å². The van der Waals surface area contributed by atoms with Crippen LogP contribution in [0.1, 0.15) is 27.7 Å². The van der Waals surface area contributed by atoms with Crippen LogP contribution in [0.25, 0.3) is 0 Å². The van der Waals surface area contributed by atoms with Crippen LogP contribution in [0.15, 0.2) is 0 Å². The summed E-state index contributed by atoms with van der Waals surface area (Å²) in [6.07, 6.45) is -0.724. The first-order valence-corrected chi connectivity index (χ1v) is 8.36. The lowest BCUT2D eigenvalue weighted by Crippen LogP contribution is -2.44. The highest BCUT2D eigenvalue weighted by atomic mass is 16.3. The van der Waals surface area contributed by atoms with E-state index in [2.05, 4.69) is 9.80 Å². The molecule has 3 N–H and O–H groups in total. The molecule has 2 unspecified atom stereocenters. The summed E-state index contributed by atoms with van der Waals surface area (Å²) in [4.78, 5) is 6.50. The molecule has 0 aliphatic carbocycles. The summed E-state index contributed by atoms with van der Waals surface area (Å²) in [5, 5.41) is 29.4. The van der Waals surface area contributed by atoms with Crippen molar-refractivity contribution in [2.75, 3.05) is 59.1 Å². The van der Waals surface area contributed by atoms with E-state index in [-0.39, 0.29) is 24.4 Å². The SMILES string of the molecule is CC(O)CN1CCN(CO)CCN(CC(O)C(C)(C)C)CC1. The lowest BCUT2D eigenvalue weighted by molar-refractivity contribution is 0.0229. The highest BCUT2D eigenvalue weighted by molar-refractivity contribution is 4.79. The van der Waals surface area contributed by atoms with Gasteiger partial charge in [0, 0.05) is 52.4 Å². The van der Waals surface area contributed by atoms with E-state index >= 15 is 0 Å². The van der Waals surface area contributed by atoms with Crippen molar-refractivity contribution in [1.82, 2.24) is 14.7 Å². The van der Waals surface area contributed by atoms with Gasteiger partial charge in [0.1, 0.15) is 0 Å². The molecule has 6 heteroatoms. The van der Waals surface area contributed by atoms with Gasteiger partial charge in [-0.05, 0) is 12.3 Å². The van der Waals surface area contributed by atoms with Gasteiger partial charge in [0.05, 0.1) is 18.9 Å². The molecule has 1 fully saturated rings. The average molecular weight is 317 g/mol. The van der Waals surface area contributed by atoms with Gasteiger partial charge in [-0.25, -0.2) is 0 Å². The van der Waals surface area contributed by atoms with Gasteiger partial charge in [-0.1, -0.05) is 20.8 Å². The van der Waals surface area contributed by atoms with Crippen molar-refractivity contribution in [1.29, 1.82) is 0 Å². The molecule has 0 aromatic carbocycles. The fourth-order valence-electron chi connectivity index (χ4n) is 2.58. The monoisotopic (exact) mass is 317 g/mol. The van der Waals surface area contributed by atoms with E-state index < -0.39 is 0 Å². The molecule has 1 rings (SSSR count). The van der Waals surface area contributed by atoms with E-state index in [4.69, 9.17) is 0 Å². The fraction of sp³-hybridized carbons (Fsp3) is 1.00. The van der Waals surface area contributed by atoms with E-state index in [0.717, 1.165) is 39.3 Å². The minimum atomic E-state index is -0.374. The van der Waals surface area contributed by atoms with Gasteiger partial charge < -0.3 is 15.3 Å². The standard InChI is InChI=1S/C16H35N3O3/c1-14(21)11-17-5-6-18(12-15(22)16(2,3)4)8-10-19(13-20)9-7-17/h14-15,20-22H,5-13H2,1-4H3. The van der Waals surface area contributed by atoms with Crippen molar-refractivity contribution < 1.29 is 15.3 Å². The maximum atomic E-state index is 10.3. The zero-order valence-electron chi connectivity index (χ0n) is 14.7. The molecule has 0 aromatic heterocycles. The number of hydrogen-bond acceptors (Lipinski definition) is 6. The maximum absolute atomic E-state index is 10.3. The number of hydrogen-bond donors (Lipinski definition) is 3. The van der Waals surface area contributed by atoms with Crippen LogP contribution in [0.5, 0.6) is 0 Å². The van der Waals surface area contributed by atoms with Crippen LogP contribution in [-0.4, -0.2) is 101 Å². The molecule has 1 aliphatic rings. The number of β-amino-alcohol motifs (C(OH)–C–C–N with tert-alkyl or cyclic N) is 2. The summed E-state index contributed by atoms with van der Waals surface area (Å²) in [5.74, 6) is 0. The Morgan fingerprint density at radius 3 is 1.59 bits per heavy atom. The summed E-state index contributed by atoms with van der Waals surface area (Å²) in [7, 11) is 0. The van der Waals surface area contributed by atoms with Crippen LogP contribution in [-0.2, 0) is 0 Å². The lowest BCUT2D eigenvalue weighted by atomic mass is 9.89. The van der Waals surface area contributed by atoms with Gasteiger partial charge in [0.25, 0.3) is 0 Å². The molecule has 2 atom stereocenters. The molecule has 132 valence electrons. The molecular formula is C16H35N3O3. The van der Waals surface area contributed by atoms with Crippen molar-refractivity contribution in [2.24, 2.45) is 5.41 Å². The molecule has 22 heavy (non-hydrogen) atoms. The summed E-state index contributed by atoms with van der Waals surface area (Å²) in [5.41, 5.74) is -0.131. The van der Waals surface area contributed by atoms with Gasteiger partial charge in [0.2, 0.25) is 0 Å². The molecule has 1 heterocycles. The second-order valence-electron chi connectivity index (χ2n) is 7.59. The Balaban J connectivity index is 2.65. The minimum absolute atomic E-state index is 0.0538. The molecule has 0 aromatic rings. The molecule has 1 aliphatic heterocycles. The van der Waals surface area contributed by atoms with Crippen LogP contribution in [0, 0.1) is 5.41 Å². The Morgan fingerprint density at radius 2 is 1.23 bits per heavy atom. The molecule has 0 radical (unpaired) electrons. The molecule has 0 saturated carbocycles. The molecule has 6 nitrogen and oxygen atoms in total. The Hall–Kier alpha value is -0.240. The number of nitrogens with zero attached hydrogens (tertiary/aromatic N) is 3. The zero-order valence-corrected chi connectivity index (χ0v) is 14.7. The predicted octanol–water partition coefficient (Wildman–Crippen LogP) is -0.356. The van der Waals surface area contributed by atoms with Crippen LogP contribution in [0.3, 0.4) is 0 Å². The minimum Gasteiger partial charge on any atom is -0.392 e. The Kier molecular flexibility index (Phi) is 8.24. The topological polar surface area (TPSA) is 70.4 Å². The Labute approximate surface area is 135 Å². The first-order valence-electron chi connectivity index (χ1n) is 8.36. The predicted molar refractivity (Wildman–Crippen MR) is 88.7 cm³/mol. The van der Waals surface area contributed by atoms with Gasteiger partial charge in [0.15, 0.2) is 0 Å². The van der Waals surface area contributed by atoms with E-state index in [1.807, 2.05) is 25.7 Å². The number of aliphatic hydroxyl groups excluding tert-OH is 3. The molecule has 0 amide bonds. The van der Waals surface area contributed by atoms with Crippen LogP contribution in [0.4, 0.5) is 0 Å². The van der Waals surface area contributed by atoms with Crippen molar-refractivity contribution in [2.45, 2.75) is 39.9 Å². The van der Waals surface area contributed by atoms with E-state index in [1.54, 1.807) is 6.92 Å². The number of rotatable bonds is 5. The van der Waals surface area contributed by atoms with E-state index in [0.29, 0.717) is 13.1 Å². The Morgan fingerprint density at radius 1 is 0.818 bits per heavy atom. The summed E-state index contributed by atoms with van der Waals surface area (Å²) >= 11 is 0. The third-order valence-electron chi connectivity index (χ3n) is 4.35. The summed E-state index contributed by atoms with van der Waals surface area (Å²) in [6, 6.07) is 0. The summed E-state index contributed by atoms with van der Waals surface area (Å²) < 4.78 is 0. The van der Waals surface area contributed by atoms with Gasteiger partial charge >= 0.3 is 0 Å². The highest BCUT2D eigenvalue weighted by Crippen LogP contribution is 2.20. The molecule has 1 saturated heterocycles. The van der Waals surface area contributed by atoms with Gasteiger partial charge in [-0.15, -0.1) is 0 Å². The van der Waals surface area contributed by atoms with Crippen molar-refractivity contribution in [3.63, 3.8) is 0 Å². The fourth-order valence-corrected chi connectivity index (χ4v) is 2.58. The first-order chi connectivity index (χ1) is 10.2. The van der Waals surface area contributed by atoms with Crippen LogP contribution < -0.4 is 0 Å². The van der Waals surface area contributed by atoms with E-state index in [9.17, 15) is 15.3 Å². The van der Waals surface area contributed by atoms with Crippen LogP contribution in [0.2, 0.25) is 0 Å². The molecule has 0 bridgehead atoms. The molecule has 0 spiro atoms. The van der Waals surface area contributed by atoms with Gasteiger partial charge in [-0.2, -0.15) is 0 Å². The number of aliphatic hydroxyl groups is 3. The quantitative estimate of drug-likeness (QED) is 0.644. The maximum Gasteiger partial charge on any atom is 0.0957 e. The molecular weight excluding hydrogens is 282 g/mol.